The summed E-state index contributed by atoms with van der Waals surface area (Å²) in [5.74, 6) is 0.664. The fourth-order valence-corrected chi connectivity index (χ4v) is 1.89. The highest BCUT2D eigenvalue weighted by Crippen LogP contribution is 2.43. The fourth-order valence-electron chi connectivity index (χ4n) is 1.89. The largest absolute Gasteiger partial charge is 0.198 e. The Bertz CT molecular complexity index is 153. The highest BCUT2D eigenvalue weighted by molar-refractivity contribution is 4.90. The van der Waals surface area contributed by atoms with Gasteiger partial charge in [0, 0.05) is 6.42 Å². The smallest absolute Gasteiger partial charge is 0.0624 e. The van der Waals surface area contributed by atoms with Gasteiger partial charge in [-0.15, -0.1) is 0 Å². The summed E-state index contributed by atoms with van der Waals surface area (Å²) in [5.41, 5.74) is 0.440. The molecule has 0 saturated heterocycles. The maximum atomic E-state index is 8.51. The zero-order valence-electron chi connectivity index (χ0n) is 6.85. The second-order valence-corrected chi connectivity index (χ2v) is 3.94. The topological polar surface area (TPSA) is 23.8 Å². The molecule has 1 rings (SSSR count). The third kappa shape index (κ3) is 1.31. The molecule has 1 heteroatoms. The lowest BCUT2D eigenvalue weighted by Crippen LogP contribution is -2.16. The van der Waals surface area contributed by atoms with Gasteiger partial charge in [0.2, 0.25) is 0 Å². The highest BCUT2D eigenvalue weighted by atomic mass is 14.4. The molecular weight excluding hydrogens is 122 g/mol. The highest BCUT2D eigenvalue weighted by Gasteiger charge is 2.33. The Morgan fingerprint density at radius 1 is 1.60 bits per heavy atom. The SMILES string of the molecule is CC1(C)CCCC1CC#N. The van der Waals surface area contributed by atoms with Gasteiger partial charge in [-0.25, -0.2) is 0 Å². The van der Waals surface area contributed by atoms with Crippen LogP contribution in [0.4, 0.5) is 0 Å². The van der Waals surface area contributed by atoms with E-state index in [0.717, 1.165) is 6.42 Å². The average molecular weight is 137 g/mol. The van der Waals surface area contributed by atoms with Crippen LogP contribution in [-0.4, -0.2) is 0 Å². The van der Waals surface area contributed by atoms with Crippen LogP contribution in [0.25, 0.3) is 0 Å². The van der Waals surface area contributed by atoms with Crippen molar-refractivity contribution in [2.75, 3.05) is 0 Å². The maximum Gasteiger partial charge on any atom is 0.0624 e. The van der Waals surface area contributed by atoms with Gasteiger partial charge < -0.3 is 0 Å². The minimum Gasteiger partial charge on any atom is -0.198 e. The molecule has 1 atom stereocenters. The average Bonchev–Trinajstić information content (AvgIpc) is 2.13. The summed E-state index contributed by atoms with van der Waals surface area (Å²) in [6.07, 6.45) is 4.65. The first-order valence-corrected chi connectivity index (χ1v) is 4.04. The molecule has 0 bridgehead atoms. The van der Waals surface area contributed by atoms with Gasteiger partial charge in [-0.2, -0.15) is 5.26 Å². The van der Waals surface area contributed by atoms with E-state index in [9.17, 15) is 0 Å². The molecule has 0 radical (unpaired) electrons. The molecule has 10 heavy (non-hydrogen) atoms. The Morgan fingerprint density at radius 2 is 2.30 bits per heavy atom. The van der Waals surface area contributed by atoms with Crippen LogP contribution in [0.15, 0.2) is 0 Å². The normalized spacial score (nSPS) is 29.9. The first-order valence-electron chi connectivity index (χ1n) is 4.04. The summed E-state index contributed by atoms with van der Waals surface area (Å²) in [5, 5.41) is 8.51. The Balaban J connectivity index is 2.53. The summed E-state index contributed by atoms with van der Waals surface area (Å²) in [7, 11) is 0. The summed E-state index contributed by atoms with van der Waals surface area (Å²) in [4.78, 5) is 0. The van der Waals surface area contributed by atoms with Crippen LogP contribution in [0.2, 0.25) is 0 Å². The van der Waals surface area contributed by atoms with Crippen molar-refractivity contribution in [1.82, 2.24) is 0 Å². The van der Waals surface area contributed by atoms with E-state index in [2.05, 4.69) is 19.9 Å². The van der Waals surface area contributed by atoms with Crippen LogP contribution in [0, 0.1) is 22.7 Å². The van der Waals surface area contributed by atoms with Crippen LogP contribution >= 0.6 is 0 Å². The number of hydrogen-bond donors (Lipinski definition) is 0. The molecular formula is C9H15N. The molecule has 0 aromatic rings. The molecule has 1 saturated carbocycles. The molecule has 1 unspecified atom stereocenters. The van der Waals surface area contributed by atoms with Crippen molar-refractivity contribution < 1.29 is 0 Å². The first kappa shape index (κ1) is 7.60. The van der Waals surface area contributed by atoms with Crippen molar-refractivity contribution in [3.05, 3.63) is 0 Å². The van der Waals surface area contributed by atoms with E-state index in [0.29, 0.717) is 11.3 Å². The summed E-state index contributed by atoms with van der Waals surface area (Å²) in [6.45, 7) is 4.56. The molecule has 0 aromatic carbocycles. The van der Waals surface area contributed by atoms with Crippen molar-refractivity contribution in [2.24, 2.45) is 11.3 Å². The molecule has 56 valence electrons. The van der Waals surface area contributed by atoms with Gasteiger partial charge in [0.1, 0.15) is 0 Å². The molecule has 0 amide bonds. The van der Waals surface area contributed by atoms with Gasteiger partial charge in [-0.1, -0.05) is 20.3 Å². The number of hydrogen-bond acceptors (Lipinski definition) is 1. The molecule has 0 aromatic heterocycles. The summed E-state index contributed by atoms with van der Waals surface area (Å²) < 4.78 is 0. The van der Waals surface area contributed by atoms with Gasteiger partial charge in [0.25, 0.3) is 0 Å². The van der Waals surface area contributed by atoms with Crippen LogP contribution in [0.3, 0.4) is 0 Å². The Kier molecular flexibility index (Phi) is 1.99. The van der Waals surface area contributed by atoms with E-state index in [4.69, 9.17) is 5.26 Å². The monoisotopic (exact) mass is 137 g/mol. The van der Waals surface area contributed by atoms with Crippen LogP contribution in [0.5, 0.6) is 0 Å². The molecule has 0 spiro atoms. The second kappa shape index (κ2) is 2.62. The Hall–Kier alpha value is -0.510. The first-order chi connectivity index (χ1) is 4.67. The minimum absolute atomic E-state index is 0.440. The molecule has 1 aliphatic rings. The lowest BCUT2D eigenvalue weighted by Gasteiger charge is -2.24. The summed E-state index contributed by atoms with van der Waals surface area (Å²) >= 11 is 0. The van der Waals surface area contributed by atoms with Crippen LogP contribution in [-0.2, 0) is 0 Å². The van der Waals surface area contributed by atoms with E-state index in [-0.39, 0.29) is 0 Å². The lowest BCUT2D eigenvalue weighted by molar-refractivity contribution is 0.264. The zero-order valence-corrected chi connectivity index (χ0v) is 6.85. The molecule has 0 N–H and O–H groups in total. The molecule has 1 nitrogen and oxygen atoms in total. The van der Waals surface area contributed by atoms with Crippen molar-refractivity contribution >= 4 is 0 Å². The van der Waals surface area contributed by atoms with Crippen molar-refractivity contribution in [2.45, 2.75) is 39.5 Å². The van der Waals surface area contributed by atoms with Gasteiger partial charge in [-0.05, 0) is 24.2 Å². The maximum absolute atomic E-state index is 8.51. The van der Waals surface area contributed by atoms with Gasteiger partial charge in [0.05, 0.1) is 6.07 Å². The fraction of sp³-hybridized carbons (Fsp3) is 0.889. The Morgan fingerprint density at radius 3 is 2.70 bits per heavy atom. The van der Waals surface area contributed by atoms with E-state index in [1.807, 2.05) is 0 Å². The van der Waals surface area contributed by atoms with E-state index in [1.165, 1.54) is 19.3 Å². The molecule has 1 fully saturated rings. The minimum atomic E-state index is 0.440. The van der Waals surface area contributed by atoms with E-state index < -0.39 is 0 Å². The van der Waals surface area contributed by atoms with Crippen LogP contribution in [0.1, 0.15) is 39.5 Å². The number of rotatable bonds is 1. The summed E-state index contributed by atoms with van der Waals surface area (Å²) in [6, 6.07) is 2.27. The van der Waals surface area contributed by atoms with Gasteiger partial charge in [-0.3, -0.25) is 0 Å². The van der Waals surface area contributed by atoms with E-state index in [1.54, 1.807) is 0 Å². The third-order valence-electron chi connectivity index (χ3n) is 2.82. The predicted octanol–water partition coefficient (Wildman–Crippen LogP) is 2.73. The van der Waals surface area contributed by atoms with E-state index >= 15 is 0 Å². The zero-order chi connectivity index (χ0) is 7.61. The number of nitrogens with zero attached hydrogens (tertiary/aromatic N) is 1. The quantitative estimate of drug-likeness (QED) is 0.545. The van der Waals surface area contributed by atoms with Crippen molar-refractivity contribution in [1.29, 1.82) is 5.26 Å². The molecule has 0 aliphatic heterocycles. The van der Waals surface area contributed by atoms with Crippen molar-refractivity contribution in [3.63, 3.8) is 0 Å². The standard InChI is InChI=1S/C9H15N/c1-9(2)6-3-4-8(9)5-7-10/h8H,3-6H2,1-2H3. The molecule has 1 aliphatic carbocycles. The molecule has 0 heterocycles. The number of nitriles is 1. The third-order valence-corrected chi connectivity index (χ3v) is 2.82. The van der Waals surface area contributed by atoms with Crippen molar-refractivity contribution in [3.8, 4) is 6.07 Å². The van der Waals surface area contributed by atoms with Gasteiger partial charge >= 0.3 is 0 Å². The lowest BCUT2D eigenvalue weighted by atomic mass is 9.80. The Labute approximate surface area is 63.0 Å². The van der Waals surface area contributed by atoms with Crippen LogP contribution < -0.4 is 0 Å². The second-order valence-electron chi connectivity index (χ2n) is 3.94. The van der Waals surface area contributed by atoms with Gasteiger partial charge in [0.15, 0.2) is 0 Å². The predicted molar refractivity (Wildman–Crippen MR) is 41.4 cm³/mol.